The number of oxime groups is 1. The minimum Gasteiger partial charge on any atom is -0.486 e. The van der Waals surface area contributed by atoms with Crippen LogP contribution in [-0.4, -0.2) is 29.6 Å². The van der Waals surface area contributed by atoms with Gasteiger partial charge in [0, 0.05) is 0 Å². The lowest BCUT2D eigenvalue weighted by Gasteiger charge is -2.17. The monoisotopic (exact) mass is 285 g/mol. The van der Waals surface area contributed by atoms with Crippen molar-refractivity contribution < 1.29 is 15.3 Å². The van der Waals surface area contributed by atoms with Gasteiger partial charge in [0.05, 0.1) is 10.6 Å². The molecule has 0 saturated heterocycles. The van der Waals surface area contributed by atoms with Crippen molar-refractivity contribution in [3.63, 3.8) is 0 Å². The van der Waals surface area contributed by atoms with E-state index in [1.54, 1.807) is 6.07 Å². The Morgan fingerprint density at radius 1 is 1.42 bits per heavy atom. The standard InChI is InChI=1S/C14H21ClN2O2/c1-10-5-6-12(15)13(7-10)19-9-11(17-18)8-16-14(2,3)4/h5-7,16,18H,8-9H2,1-4H3/p+1/b17-11+. The summed E-state index contributed by atoms with van der Waals surface area (Å²) in [5, 5.41) is 14.9. The average molecular weight is 286 g/mol. The van der Waals surface area contributed by atoms with E-state index in [0.717, 1.165) is 5.56 Å². The van der Waals surface area contributed by atoms with Crippen LogP contribution in [0.25, 0.3) is 0 Å². The van der Waals surface area contributed by atoms with E-state index in [1.165, 1.54) is 0 Å². The minimum atomic E-state index is 0.0803. The van der Waals surface area contributed by atoms with Gasteiger partial charge < -0.3 is 15.3 Å². The number of halogens is 1. The molecule has 0 amide bonds. The van der Waals surface area contributed by atoms with Gasteiger partial charge in [0.15, 0.2) is 0 Å². The van der Waals surface area contributed by atoms with Crippen molar-refractivity contribution >= 4 is 17.3 Å². The number of hydrogen-bond donors (Lipinski definition) is 2. The van der Waals surface area contributed by atoms with Gasteiger partial charge in [-0.15, -0.1) is 0 Å². The van der Waals surface area contributed by atoms with Gasteiger partial charge in [0.1, 0.15) is 24.6 Å². The Kier molecular flexibility index (Phi) is 5.63. The van der Waals surface area contributed by atoms with Gasteiger partial charge in [-0.2, -0.15) is 0 Å². The minimum absolute atomic E-state index is 0.0803. The molecule has 4 nitrogen and oxygen atoms in total. The summed E-state index contributed by atoms with van der Waals surface area (Å²) in [7, 11) is 0. The van der Waals surface area contributed by atoms with Crippen molar-refractivity contribution in [2.45, 2.75) is 33.2 Å². The molecule has 19 heavy (non-hydrogen) atoms. The molecule has 0 fully saturated rings. The molecule has 1 aromatic carbocycles. The Morgan fingerprint density at radius 3 is 2.68 bits per heavy atom. The molecule has 0 radical (unpaired) electrons. The first-order valence-electron chi connectivity index (χ1n) is 6.25. The molecule has 1 aromatic rings. The normalized spacial score (nSPS) is 12.6. The first kappa shape index (κ1) is 15.8. The van der Waals surface area contributed by atoms with Crippen molar-refractivity contribution in [3.8, 4) is 5.75 Å². The quantitative estimate of drug-likeness (QED) is 0.495. The first-order valence-corrected chi connectivity index (χ1v) is 6.63. The van der Waals surface area contributed by atoms with E-state index < -0.39 is 0 Å². The summed E-state index contributed by atoms with van der Waals surface area (Å²) < 4.78 is 5.59. The molecule has 0 aliphatic rings. The molecule has 3 N–H and O–H groups in total. The first-order chi connectivity index (χ1) is 8.81. The highest BCUT2D eigenvalue weighted by Gasteiger charge is 2.15. The number of hydrogen-bond acceptors (Lipinski definition) is 3. The molecule has 0 atom stereocenters. The Bertz CT molecular complexity index is 453. The smallest absolute Gasteiger partial charge is 0.148 e. The Labute approximate surface area is 119 Å². The summed E-state index contributed by atoms with van der Waals surface area (Å²) in [5.41, 5.74) is 1.73. The second-order valence-electron chi connectivity index (χ2n) is 5.66. The second-order valence-corrected chi connectivity index (χ2v) is 6.07. The fourth-order valence-electron chi connectivity index (χ4n) is 1.43. The highest BCUT2D eigenvalue weighted by atomic mass is 35.5. The highest BCUT2D eigenvalue weighted by Crippen LogP contribution is 2.25. The molecule has 0 heterocycles. The van der Waals surface area contributed by atoms with Crippen molar-refractivity contribution in [2.75, 3.05) is 13.2 Å². The number of ether oxygens (including phenoxy) is 1. The molecular weight excluding hydrogens is 264 g/mol. The van der Waals surface area contributed by atoms with Crippen LogP contribution >= 0.6 is 11.6 Å². The van der Waals surface area contributed by atoms with Gasteiger partial charge >= 0.3 is 0 Å². The molecule has 0 aromatic heterocycles. The van der Waals surface area contributed by atoms with Crippen LogP contribution in [0.5, 0.6) is 5.75 Å². The Balaban J connectivity index is 2.56. The predicted molar refractivity (Wildman–Crippen MR) is 77.5 cm³/mol. The largest absolute Gasteiger partial charge is 0.486 e. The zero-order valence-corrected chi connectivity index (χ0v) is 12.7. The molecule has 5 heteroatoms. The van der Waals surface area contributed by atoms with Crippen LogP contribution in [0.1, 0.15) is 26.3 Å². The number of rotatable bonds is 5. The maximum Gasteiger partial charge on any atom is 0.148 e. The SMILES string of the molecule is Cc1ccc(Cl)c(OC/C(C[NH2+]C(C)(C)C)=N/O)c1. The van der Waals surface area contributed by atoms with Gasteiger partial charge in [-0.25, -0.2) is 0 Å². The van der Waals surface area contributed by atoms with Gasteiger partial charge in [-0.3, -0.25) is 0 Å². The molecular formula is C14H22ClN2O2+. The van der Waals surface area contributed by atoms with E-state index in [-0.39, 0.29) is 12.1 Å². The van der Waals surface area contributed by atoms with E-state index in [2.05, 4.69) is 31.2 Å². The molecule has 0 aliphatic carbocycles. The molecule has 0 saturated carbocycles. The van der Waals surface area contributed by atoms with Gasteiger partial charge in [0.25, 0.3) is 0 Å². The molecule has 106 valence electrons. The molecule has 0 unspecified atom stereocenters. The maximum absolute atomic E-state index is 8.98. The van der Waals surface area contributed by atoms with Crippen molar-refractivity contribution in [1.29, 1.82) is 0 Å². The molecule has 0 spiro atoms. The number of nitrogens with two attached hydrogens (primary N) is 1. The molecule has 0 aliphatic heterocycles. The fraction of sp³-hybridized carbons (Fsp3) is 0.500. The lowest BCUT2D eigenvalue weighted by molar-refractivity contribution is -0.705. The Hall–Kier alpha value is -1.26. The van der Waals surface area contributed by atoms with Gasteiger partial charge in [-0.1, -0.05) is 22.8 Å². The third-order valence-electron chi connectivity index (χ3n) is 2.57. The molecule has 0 bridgehead atoms. The summed E-state index contributed by atoms with van der Waals surface area (Å²) in [6.45, 7) is 9.08. The van der Waals surface area contributed by atoms with Crippen LogP contribution < -0.4 is 10.1 Å². The lowest BCUT2D eigenvalue weighted by atomic mass is 10.1. The summed E-state index contributed by atoms with van der Waals surface area (Å²) >= 11 is 6.04. The van der Waals surface area contributed by atoms with Crippen LogP contribution in [0.4, 0.5) is 0 Å². The zero-order valence-electron chi connectivity index (χ0n) is 11.9. The van der Waals surface area contributed by atoms with Crippen LogP contribution in [0.3, 0.4) is 0 Å². The van der Waals surface area contributed by atoms with Crippen molar-refractivity contribution in [3.05, 3.63) is 28.8 Å². The summed E-state index contributed by atoms with van der Waals surface area (Å²) in [5.74, 6) is 0.610. The van der Waals surface area contributed by atoms with Gasteiger partial charge in [-0.05, 0) is 45.4 Å². The third-order valence-corrected chi connectivity index (χ3v) is 2.88. The van der Waals surface area contributed by atoms with E-state index >= 15 is 0 Å². The van der Waals surface area contributed by atoms with Crippen LogP contribution in [-0.2, 0) is 0 Å². The van der Waals surface area contributed by atoms with Crippen molar-refractivity contribution in [2.24, 2.45) is 5.16 Å². The van der Waals surface area contributed by atoms with Crippen molar-refractivity contribution in [1.82, 2.24) is 0 Å². The third kappa shape index (κ3) is 5.94. The van der Waals surface area contributed by atoms with Crippen LogP contribution in [0.15, 0.2) is 23.4 Å². The molecule has 1 rings (SSSR count). The zero-order chi connectivity index (χ0) is 14.5. The number of nitrogens with zero attached hydrogens (tertiary/aromatic N) is 1. The average Bonchev–Trinajstić information content (AvgIpc) is 2.32. The number of aryl methyl sites for hydroxylation is 1. The Morgan fingerprint density at radius 2 is 2.11 bits per heavy atom. The summed E-state index contributed by atoms with van der Waals surface area (Å²) in [6, 6.07) is 5.58. The fourth-order valence-corrected chi connectivity index (χ4v) is 1.61. The van der Waals surface area contributed by atoms with E-state index in [1.807, 2.05) is 19.1 Å². The van der Waals surface area contributed by atoms with E-state index in [0.29, 0.717) is 23.0 Å². The van der Waals surface area contributed by atoms with Crippen LogP contribution in [0.2, 0.25) is 5.02 Å². The number of benzene rings is 1. The van der Waals surface area contributed by atoms with Gasteiger partial charge in [0.2, 0.25) is 0 Å². The van der Waals surface area contributed by atoms with E-state index in [9.17, 15) is 0 Å². The highest BCUT2D eigenvalue weighted by molar-refractivity contribution is 6.32. The second kappa shape index (κ2) is 6.78. The van der Waals surface area contributed by atoms with E-state index in [4.69, 9.17) is 21.5 Å². The summed E-state index contributed by atoms with van der Waals surface area (Å²) in [6.07, 6.45) is 0. The predicted octanol–water partition coefficient (Wildman–Crippen LogP) is 2.22. The van der Waals surface area contributed by atoms with Crippen LogP contribution in [0, 0.1) is 6.92 Å². The maximum atomic E-state index is 8.98. The lowest BCUT2D eigenvalue weighted by Crippen LogP contribution is -2.95. The number of quaternary nitrogens is 1. The summed E-state index contributed by atoms with van der Waals surface area (Å²) in [4.78, 5) is 0. The topological polar surface area (TPSA) is 58.4 Å².